The third-order valence-corrected chi connectivity index (χ3v) is 2.68. The minimum Gasteiger partial charge on any atom is -0.481 e. The van der Waals surface area contributed by atoms with Crippen LogP contribution in [-0.4, -0.2) is 23.3 Å². The summed E-state index contributed by atoms with van der Waals surface area (Å²) in [5.41, 5.74) is 0. The number of halogens is 2. The Morgan fingerprint density at radius 3 is 2.33 bits per heavy atom. The molecule has 0 aliphatic carbocycles. The average Bonchev–Trinajstić information content (AvgIpc) is 2.29. The van der Waals surface area contributed by atoms with Crippen molar-refractivity contribution in [1.29, 1.82) is 0 Å². The molecule has 0 aliphatic heterocycles. The molecule has 1 N–H and O–H groups in total. The van der Waals surface area contributed by atoms with E-state index in [-0.39, 0.29) is 25.0 Å². The van der Waals surface area contributed by atoms with Crippen LogP contribution >= 0.6 is 0 Å². The maximum absolute atomic E-state index is 11.9. The van der Waals surface area contributed by atoms with Crippen molar-refractivity contribution in [3.63, 3.8) is 0 Å². The summed E-state index contributed by atoms with van der Waals surface area (Å²) in [4.78, 5) is 22.3. The SMILES string of the molecule is C=CCCC(=O)C[C@@H](CCCCC(F)F)C(=O)O. The lowest BCUT2D eigenvalue weighted by molar-refractivity contribution is -0.144. The highest BCUT2D eigenvalue weighted by Crippen LogP contribution is 2.17. The number of carboxylic acid groups (broad SMARTS) is 1. The number of Topliss-reactive ketones (excluding diaryl/α,β-unsaturated/α-hetero) is 1. The molecule has 0 saturated heterocycles. The molecule has 0 aliphatic rings. The van der Waals surface area contributed by atoms with Crippen LogP contribution in [0.15, 0.2) is 12.7 Å². The van der Waals surface area contributed by atoms with E-state index in [2.05, 4.69) is 6.58 Å². The molecular formula is C13H20F2O3. The molecule has 0 bridgehead atoms. The maximum Gasteiger partial charge on any atom is 0.306 e. The Labute approximate surface area is 106 Å². The van der Waals surface area contributed by atoms with Gasteiger partial charge in [-0.05, 0) is 19.3 Å². The molecule has 3 nitrogen and oxygen atoms in total. The van der Waals surface area contributed by atoms with Gasteiger partial charge < -0.3 is 5.11 Å². The lowest BCUT2D eigenvalue weighted by atomic mass is 9.94. The molecule has 0 spiro atoms. The summed E-state index contributed by atoms with van der Waals surface area (Å²) in [5, 5.41) is 8.94. The lowest BCUT2D eigenvalue weighted by Crippen LogP contribution is -2.18. The fourth-order valence-corrected chi connectivity index (χ4v) is 1.64. The number of ketones is 1. The number of rotatable bonds is 11. The number of hydrogen-bond acceptors (Lipinski definition) is 2. The first kappa shape index (κ1) is 16.7. The molecule has 1 atom stereocenters. The number of allylic oxidation sites excluding steroid dienone is 1. The fourth-order valence-electron chi connectivity index (χ4n) is 1.64. The third-order valence-electron chi connectivity index (χ3n) is 2.68. The standard InChI is InChI=1S/C13H20F2O3/c1-2-3-7-11(16)9-10(13(17)18)6-4-5-8-12(14)15/h2,10,12H,1,3-9H2,(H,17,18)/t10-/m1/s1. The number of unbranched alkanes of at least 4 members (excludes halogenated alkanes) is 1. The van der Waals surface area contributed by atoms with Gasteiger partial charge in [-0.25, -0.2) is 8.78 Å². The van der Waals surface area contributed by atoms with E-state index in [1.165, 1.54) is 0 Å². The van der Waals surface area contributed by atoms with Gasteiger partial charge in [0.25, 0.3) is 0 Å². The molecule has 0 rings (SSSR count). The smallest absolute Gasteiger partial charge is 0.306 e. The summed E-state index contributed by atoms with van der Waals surface area (Å²) in [7, 11) is 0. The highest BCUT2D eigenvalue weighted by Gasteiger charge is 2.20. The Balaban J connectivity index is 3.95. The van der Waals surface area contributed by atoms with Gasteiger partial charge in [-0.1, -0.05) is 12.5 Å². The Hall–Kier alpha value is -1.26. The van der Waals surface area contributed by atoms with Crippen molar-refractivity contribution in [3.8, 4) is 0 Å². The summed E-state index contributed by atoms with van der Waals surface area (Å²) < 4.78 is 23.8. The highest BCUT2D eigenvalue weighted by atomic mass is 19.3. The highest BCUT2D eigenvalue weighted by molar-refractivity contribution is 5.83. The van der Waals surface area contributed by atoms with Crippen LogP contribution in [0.2, 0.25) is 0 Å². The quantitative estimate of drug-likeness (QED) is 0.458. The first-order valence-corrected chi connectivity index (χ1v) is 6.11. The second-order valence-corrected chi connectivity index (χ2v) is 4.28. The molecule has 18 heavy (non-hydrogen) atoms. The van der Waals surface area contributed by atoms with Gasteiger partial charge in [0.05, 0.1) is 5.92 Å². The van der Waals surface area contributed by atoms with Crippen LogP contribution in [-0.2, 0) is 9.59 Å². The molecule has 0 saturated carbocycles. The Kier molecular flexibility index (Phi) is 9.06. The van der Waals surface area contributed by atoms with Crippen molar-refractivity contribution in [3.05, 3.63) is 12.7 Å². The van der Waals surface area contributed by atoms with Crippen molar-refractivity contribution < 1.29 is 23.5 Å². The van der Waals surface area contributed by atoms with Crippen LogP contribution in [0.1, 0.15) is 44.9 Å². The Bertz CT molecular complexity index is 277. The van der Waals surface area contributed by atoms with Gasteiger partial charge in [0.1, 0.15) is 5.78 Å². The first-order valence-electron chi connectivity index (χ1n) is 6.11. The van der Waals surface area contributed by atoms with Gasteiger partial charge >= 0.3 is 5.97 Å². The van der Waals surface area contributed by atoms with Crippen molar-refractivity contribution in [2.24, 2.45) is 5.92 Å². The zero-order valence-corrected chi connectivity index (χ0v) is 10.4. The summed E-state index contributed by atoms with van der Waals surface area (Å²) in [6, 6.07) is 0. The summed E-state index contributed by atoms with van der Waals surface area (Å²) >= 11 is 0. The van der Waals surface area contributed by atoms with Gasteiger partial charge in [0.15, 0.2) is 0 Å². The predicted octanol–water partition coefficient (Wildman–Crippen LogP) is 3.44. The summed E-state index contributed by atoms with van der Waals surface area (Å²) in [5.74, 6) is -1.89. The van der Waals surface area contributed by atoms with E-state index in [0.29, 0.717) is 25.7 Å². The zero-order valence-electron chi connectivity index (χ0n) is 10.4. The van der Waals surface area contributed by atoms with E-state index in [1.54, 1.807) is 6.08 Å². The molecule has 0 aromatic rings. The van der Waals surface area contributed by atoms with E-state index < -0.39 is 18.3 Å². The number of hydrogen-bond donors (Lipinski definition) is 1. The van der Waals surface area contributed by atoms with Crippen molar-refractivity contribution in [2.75, 3.05) is 0 Å². The van der Waals surface area contributed by atoms with Crippen LogP contribution in [0.4, 0.5) is 8.78 Å². The van der Waals surface area contributed by atoms with Crippen LogP contribution in [0.3, 0.4) is 0 Å². The minimum absolute atomic E-state index is 0.0160. The van der Waals surface area contributed by atoms with Gasteiger partial charge in [0, 0.05) is 19.3 Å². The Morgan fingerprint density at radius 1 is 1.22 bits per heavy atom. The molecule has 0 amide bonds. The fraction of sp³-hybridized carbons (Fsp3) is 0.692. The van der Waals surface area contributed by atoms with E-state index in [0.717, 1.165) is 0 Å². The molecule has 0 radical (unpaired) electrons. The predicted molar refractivity (Wildman–Crippen MR) is 64.7 cm³/mol. The number of carbonyl (C=O) groups is 2. The Morgan fingerprint density at radius 2 is 1.83 bits per heavy atom. The van der Waals surface area contributed by atoms with E-state index >= 15 is 0 Å². The number of alkyl halides is 2. The van der Waals surface area contributed by atoms with Gasteiger partial charge in [0.2, 0.25) is 6.43 Å². The summed E-state index contributed by atoms with van der Waals surface area (Å²) in [6.07, 6.45) is 0.855. The third kappa shape index (κ3) is 8.84. The molecule has 5 heteroatoms. The lowest BCUT2D eigenvalue weighted by Gasteiger charge is -2.11. The topological polar surface area (TPSA) is 54.4 Å². The second kappa shape index (κ2) is 9.74. The second-order valence-electron chi connectivity index (χ2n) is 4.28. The van der Waals surface area contributed by atoms with Crippen molar-refractivity contribution >= 4 is 11.8 Å². The van der Waals surface area contributed by atoms with E-state index in [1.807, 2.05) is 0 Å². The number of aliphatic carboxylic acids is 1. The average molecular weight is 262 g/mol. The van der Waals surface area contributed by atoms with Gasteiger partial charge in [-0.15, -0.1) is 6.58 Å². The normalized spacial score (nSPS) is 12.4. The summed E-state index contributed by atoms with van der Waals surface area (Å²) in [6.45, 7) is 3.48. The first-order chi connectivity index (χ1) is 8.47. The van der Waals surface area contributed by atoms with Gasteiger partial charge in [-0.3, -0.25) is 9.59 Å². The van der Waals surface area contributed by atoms with Crippen molar-refractivity contribution in [2.45, 2.75) is 51.4 Å². The number of carbonyl (C=O) groups excluding carboxylic acids is 1. The molecular weight excluding hydrogens is 242 g/mol. The van der Waals surface area contributed by atoms with E-state index in [4.69, 9.17) is 5.11 Å². The van der Waals surface area contributed by atoms with Crippen LogP contribution in [0.25, 0.3) is 0 Å². The molecule has 0 aromatic carbocycles. The van der Waals surface area contributed by atoms with Crippen LogP contribution < -0.4 is 0 Å². The largest absolute Gasteiger partial charge is 0.481 e. The molecule has 0 aromatic heterocycles. The molecule has 0 fully saturated rings. The van der Waals surface area contributed by atoms with Crippen LogP contribution in [0.5, 0.6) is 0 Å². The molecule has 104 valence electrons. The maximum atomic E-state index is 11.9. The molecule has 0 heterocycles. The monoisotopic (exact) mass is 262 g/mol. The minimum atomic E-state index is -2.34. The van der Waals surface area contributed by atoms with Gasteiger partial charge in [-0.2, -0.15) is 0 Å². The zero-order chi connectivity index (χ0) is 14.0. The number of carboxylic acids is 1. The van der Waals surface area contributed by atoms with Crippen molar-refractivity contribution in [1.82, 2.24) is 0 Å². The van der Waals surface area contributed by atoms with Crippen LogP contribution in [0, 0.1) is 5.92 Å². The molecule has 0 unspecified atom stereocenters. The van der Waals surface area contributed by atoms with E-state index in [9.17, 15) is 18.4 Å².